The fourth-order valence-electron chi connectivity index (χ4n) is 2.80. The van der Waals surface area contributed by atoms with Crippen LogP contribution in [-0.4, -0.2) is 34.6 Å². The monoisotopic (exact) mass is 484 g/mol. The number of carbonyl (C=O) groups is 2. The van der Waals surface area contributed by atoms with Gasteiger partial charge >= 0.3 is 0 Å². The zero-order chi connectivity index (χ0) is 23.0. The van der Waals surface area contributed by atoms with Gasteiger partial charge in [-0.2, -0.15) is 0 Å². The maximum atomic E-state index is 13.3. The Labute approximate surface area is 197 Å². The first-order valence-corrected chi connectivity index (χ1v) is 12.0. The van der Waals surface area contributed by atoms with Crippen molar-refractivity contribution in [3.8, 4) is 0 Å². The van der Waals surface area contributed by atoms with Crippen LogP contribution in [0.2, 0.25) is 10.0 Å². The minimum absolute atomic E-state index is 0.0131. The lowest BCUT2D eigenvalue weighted by Gasteiger charge is -2.29. The molecule has 0 aliphatic rings. The van der Waals surface area contributed by atoms with Gasteiger partial charge in [0.1, 0.15) is 11.9 Å². The number of carbonyl (C=O) groups excluding carboxylic acids is 2. The van der Waals surface area contributed by atoms with Crippen LogP contribution in [0.5, 0.6) is 0 Å². The molecule has 8 heteroatoms. The Kier molecular flexibility index (Phi) is 10.1. The van der Waals surface area contributed by atoms with Crippen LogP contribution in [0.3, 0.4) is 0 Å². The van der Waals surface area contributed by atoms with Crippen molar-refractivity contribution in [3.63, 3.8) is 0 Å². The number of rotatable bonds is 10. The molecule has 31 heavy (non-hydrogen) atoms. The van der Waals surface area contributed by atoms with Crippen molar-refractivity contribution in [2.75, 3.05) is 5.75 Å². The lowest BCUT2D eigenvalue weighted by Crippen LogP contribution is -2.50. The highest BCUT2D eigenvalue weighted by Gasteiger charge is 2.26. The Morgan fingerprint density at radius 3 is 2.42 bits per heavy atom. The molecule has 2 aromatic rings. The molecule has 0 unspecified atom stereocenters. The molecule has 2 amide bonds. The molecule has 0 saturated carbocycles. The number of hydrogen-bond donors (Lipinski definition) is 1. The summed E-state index contributed by atoms with van der Waals surface area (Å²) in [6.45, 7) is 5.83. The van der Waals surface area contributed by atoms with E-state index >= 15 is 0 Å². The molecule has 0 aliphatic carbocycles. The summed E-state index contributed by atoms with van der Waals surface area (Å²) in [5, 5.41) is 4.03. The van der Waals surface area contributed by atoms with E-state index in [4.69, 9.17) is 23.2 Å². The molecule has 0 aromatic heterocycles. The molecule has 2 aromatic carbocycles. The van der Waals surface area contributed by atoms with Crippen LogP contribution in [0.15, 0.2) is 42.5 Å². The second-order valence-corrected chi connectivity index (χ2v) is 9.20. The summed E-state index contributed by atoms with van der Waals surface area (Å²) in [5.74, 6) is -0.0120. The molecule has 168 valence electrons. The van der Waals surface area contributed by atoms with Gasteiger partial charge in [-0.05, 0) is 55.7 Å². The van der Waals surface area contributed by atoms with E-state index in [9.17, 15) is 14.0 Å². The minimum atomic E-state index is -0.661. The molecule has 0 fully saturated rings. The van der Waals surface area contributed by atoms with E-state index in [0.717, 1.165) is 17.5 Å². The Bertz CT molecular complexity index is 896. The first kappa shape index (κ1) is 25.5. The van der Waals surface area contributed by atoms with Gasteiger partial charge in [-0.3, -0.25) is 9.59 Å². The summed E-state index contributed by atoms with van der Waals surface area (Å²) in [4.78, 5) is 27.2. The largest absolute Gasteiger partial charge is 0.352 e. The summed E-state index contributed by atoms with van der Waals surface area (Å²) in [5.41, 5.74) is 1.64. The number of thioether (sulfide) groups is 1. The lowest BCUT2D eigenvalue weighted by atomic mass is 10.1. The summed E-state index contributed by atoms with van der Waals surface area (Å²) in [7, 11) is 0. The summed E-state index contributed by atoms with van der Waals surface area (Å²) in [6.07, 6.45) is 0.794. The Balaban J connectivity index is 2.08. The maximum Gasteiger partial charge on any atom is 0.242 e. The second-order valence-electron chi connectivity index (χ2n) is 7.37. The van der Waals surface area contributed by atoms with E-state index in [-0.39, 0.29) is 36.0 Å². The molecular formula is C23H27Cl2FN2O2S. The Morgan fingerprint density at radius 2 is 1.81 bits per heavy atom. The third-order valence-corrected chi connectivity index (χ3v) is 6.49. The van der Waals surface area contributed by atoms with Crippen molar-refractivity contribution in [1.29, 1.82) is 0 Å². The van der Waals surface area contributed by atoms with Gasteiger partial charge < -0.3 is 10.2 Å². The van der Waals surface area contributed by atoms with E-state index < -0.39 is 6.04 Å². The van der Waals surface area contributed by atoms with E-state index in [1.165, 1.54) is 28.8 Å². The predicted molar refractivity (Wildman–Crippen MR) is 127 cm³/mol. The van der Waals surface area contributed by atoms with Crippen molar-refractivity contribution in [2.45, 2.75) is 51.6 Å². The molecule has 0 radical (unpaired) electrons. The number of nitrogens with zero attached hydrogens (tertiary/aromatic N) is 1. The van der Waals surface area contributed by atoms with E-state index in [1.54, 1.807) is 31.2 Å². The molecular weight excluding hydrogens is 458 g/mol. The molecule has 0 heterocycles. The molecule has 2 rings (SSSR count). The average Bonchev–Trinajstić information content (AvgIpc) is 2.74. The van der Waals surface area contributed by atoms with Gasteiger partial charge in [0.15, 0.2) is 0 Å². The van der Waals surface area contributed by atoms with E-state index in [2.05, 4.69) is 5.32 Å². The van der Waals surface area contributed by atoms with Crippen molar-refractivity contribution in [1.82, 2.24) is 10.2 Å². The van der Waals surface area contributed by atoms with Crippen molar-refractivity contribution in [2.24, 2.45) is 0 Å². The number of hydrogen-bond acceptors (Lipinski definition) is 3. The third-order valence-electron chi connectivity index (χ3n) is 4.93. The molecule has 0 aliphatic heterocycles. The highest BCUT2D eigenvalue weighted by atomic mass is 35.5. The Morgan fingerprint density at radius 1 is 1.13 bits per heavy atom. The van der Waals surface area contributed by atoms with Gasteiger partial charge in [0, 0.05) is 28.4 Å². The van der Waals surface area contributed by atoms with Crippen LogP contribution in [0.4, 0.5) is 4.39 Å². The molecule has 0 spiro atoms. The number of benzene rings is 2. The lowest BCUT2D eigenvalue weighted by molar-refractivity contribution is -0.138. The van der Waals surface area contributed by atoms with Gasteiger partial charge in [-0.1, -0.05) is 48.3 Å². The standard InChI is InChI=1S/C23H27Cl2FN2O2S/c1-4-15(2)27-23(30)16(3)28(12-17-5-9-20(26)10-6-17)22(29)14-31-13-18-7-8-19(24)11-21(18)25/h5-11,15-16H,4,12-14H2,1-3H3,(H,27,30)/t15-,16-/m0/s1. The normalized spacial score (nSPS) is 12.8. The van der Waals surface area contributed by atoms with Crippen molar-refractivity contribution >= 4 is 46.8 Å². The second kappa shape index (κ2) is 12.3. The van der Waals surface area contributed by atoms with Crippen LogP contribution in [0.1, 0.15) is 38.3 Å². The van der Waals surface area contributed by atoms with Crippen LogP contribution in [0.25, 0.3) is 0 Å². The third kappa shape index (κ3) is 8.02. The van der Waals surface area contributed by atoms with Crippen LogP contribution in [-0.2, 0) is 21.9 Å². The topological polar surface area (TPSA) is 49.4 Å². The van der Waals surface area contributed by atoms with E-state index in [1.807, 2.05) is 19.9 Å². The minimum Gasteiger partial charge on any atom is -0.352 e. The zero-order valence-electron chi connectivity index (χ0n) is 17.8. The fraction of sp³-hybridized carbons (Fsp3) is 0.391. The van der Waals surface area contributed by atoms with Gasteiger partial charge in [-0.25, -0.2) is 4.39 Å². The molecule has 2 atom stereocenters. The summed E-state index contributed by atoms with van der Waals surface area (Å²) < 4.78 is 13.3. The van der Waals surface area contributed by atoms with Crippen molar-refractivity contribution in [3.05, 3.63) is 69.5 Å². The molecule has 0 saturated heterocycles. The highest BCUT2D eigenvalue weighted by Crippen LogP contribution is 2.25. The highest BCUT2D eigenvalue weighted by molar-refractivity contribution is 7.99. The molecule has 1 N–H and O–H groups in total. The van der Waals surface area contributed by atoms with Crippen LogP contribution >= 0.6 is 35.0 Å². The predicted octanol–water partition coefficient (Wildman–Crippen LogP) is 5.70. The first-order valence-electron chi connectivity index (χ1n) is 10.1. The zero-order valence-corrected chi connectivity index (χ0v) is 20.2. The number of amides is 2. The number of halogens is 3. The van der Waals surface area contributed by atoms with Crippen molar-refractivity contribution < 1.29 is 14.0 Å². The smallest absolute Gasteiger partial charge is 0.242 e. The van der Waals surface area contributed by atoms with Gasteiger partial charge in [0.25, 0.3) is 0 Å². The SMILES string of the molecule is CC[C@H](C)NC(=O)[C@H](C)N(Cc1ccc(F)cc1)C(=O)CSCc1ccc(Cl)cc1Cl. The number of nitrogens with one attached hydrogen (secondary N) is 1. The summed E-state index contributed by atoms with van der Waals surface area (Å²) >= 11 is 13.5. The van der Waals surface area contributed by atoms with Crippen LogP contribution < -0.4 is 5.32 Å². The quantitative estimate of drug-likeness (QED) is 0.470. The molecule has 0 bridgehead atoms. The van der Waals surface area contributed by atoms with Gasteiger partial charge in [-0.15, -0.1) is 11.8 Å². The maximum absolute atomic E-state index is 13.3. The van der Waals surface area contributed by atoms with Gasteiger partial charge in [0.05, 0.1) is 5.75 Å². The first-order chi connectivity index (χ1) is 14.7. The summed E-state index contributed by atoms with van der Waals surface area (Å²) in [6, 6.07) is 10.5. The van der Waals surface area contributed by atoms with Crippen LogP contribution in [0, 0.1) is 5.82 Å². The average molecular weight is 485 g/mol. The van der Waals surface area contributed by atoms with E-state index in [0.29, 0.717) is 15.8 Å². The molecule has 4 nitrogen and oxygen atoms in total. The van der Waals surface area contributed by atoms with Gasteiger partial charge in [0.2, 0.25) is 11.8 Å². The Hall–Kier alpha value is -1.76. The fourth-order valence-corrected chi connectivity index (χ4v) is 4.27.